The molecule has 0 bridgehead atoms. The molecule has 0 heterocycles. The lowest BCUT2D eigenvalue weighted by Crippen LogP contribution is -2.17. The van der Waals surface area contributed by atoms with Gasteiger partial charge in [0.05, 0.1) is 4.92 Å². The summed E-state index contributed by atoms with van der Waals surface area (Å²) in [5, 5.41) is 14.4. The second-order valence-electron chi connectivity index (χ2n) is 6.08. The molecule has 2 atom stereocenters. The molecule has 2 rings (SSSR count). The normalized spacial score (nSPS) is 22.5. The van der Waals surface area contributed by atoms with Crippen molar-refractivity contribution >= 4 is 11.4 Å². The zero-order valence-electron chi connectivity index (χ0n) is 12.4. The number of aryl methyl sites for hydroxylation is 1. The first-order valence-corrected chi connectivity index (χ1v) is 7.55. The van der Waals surface area contributed by atoms with Gasteiger partial charge in [-0.25, -0.2) is 0 Å². The maximum absolute atomic E-state index is 11.1. The zero-order valence-corrected chi connectivity index (χ0v) is 12.4. The fraction of sp³-hybridized carbons (Fsp3) is 0.625. The molecule has 20 heavy (non-hydrogen) atoms. The van der Waals surface area contributed by atoms with Crippen molar-refractivity contribution in [2.45, 2.75) is 46.0 Å². The lowest BCUT2D eigenvalue weighted by atomic mass is 9.81. The molecule has 1 aliphatic rings. The van der Waals surface area contributed by atoms with Crippen LogP contribution >= 0.6 is 0 Å². The number of anilines is 1. The molecule has 4 nitrogen and oxygen atoms in total. The molecule has 0 saturated heterocycles. The van der Waals surface area contributed by atoms with Gasteiger partial charge in [-0.2, -0.15) is 0 Å². The Kier molecular flexibility index (Phi) is 4.99. The molecular weight excluding hydrogens is 252 g/mol. The Morgan fingerprint density at radius 3 is 2.90 bits per heavy atom. The van der Waals surface area contributed by atoms with Crippen LogP contribution in [-0.4, -0.2) is 11.5 Å². The molecule has 1 saturated carbocycles. The van der Waals surface area contributed by atoms with Crippen molar-refractivity contribution in [3.63, 3.8) is 0 Å². The molecule has 1 aromatic rings. The van der Waals surface area contributed by atoms with Crippen molar-refractivity contribution in [2.75, 3.05) is 11.9 Å². The zero-order chi connectivity index (χ0) is 14.5. The van der Waals surface area contributed by atoms with Crippen molar-refractivity contribution < 1.29 is 4.92 Å². The van der Waals surface area contributed by atoms with Crippen LogP contribution in [0.2, 0.25) is 0 Å². The van der Waals surface area contributed by atoms with E-state index in [0.29, 0.717) is 11.3 Å². The molecule has 1 aromatic carbocycles. The molecule has 2 unspecified atom stereocenters. The van der Waals surface area contributed by atoms with Gasteiger partial charge in [-0.1, -0.05) is 38.3 Å². The Morgan fingerprint density at radius 1 is 1.40 bits per heavy atom. The van der Waals surface area contributed by atoms with Crippen LogP contribution in [0, 0.1) is 28.9 Å². The van der Waals surface area contributed by atoms with E-state index < -0.39 is 0 Å². The summed E-state index contributed by atoms with van der Waals surface area (Å²) in [5.41, 5.74) is 1.58. The summed E-state index contributed by atoms with van der Waals surface area (Å²) in [4.78, 5) is 10.8. The number of hydrogen-bond acceptors (Lipinski definition) is 3. The molecule has 1 N–H and O–H groups in total. The summed E-state index contributed by atoms with van der Waals surface area (Å²) >= 11 is 0. The monoisotopic (exact) mass is 276 g/mol. The minimum Gasteiger partial charge on any atom is -0.379 e. The van der Waals surface area contributed by atoms with Crippen LogP contribution in [0.25, 0.3) is 0 Å². The lowest BCUT2D eigenvalue weighted by molar-refractivity contribution is -0.384. The van der Waals surface area contributed by atoms with Gasteiger partial charge in [0.1, 0.15) is 5.69 Å². The highest BCUT2D eigenvalue weighted by atomic mass is 16.6. The Bertz CT molecular complexity index is 474. The van der Waals surface area contributed by atoms with E-state index in [0.717, 1.165) is 24.8 Å². The van der Waals surface area contributed by atoms with E-state index in [1.807, 2.05) is 6.07 Å². The fourth-order valence-corrected chi connectivity index (χ4v) is 3.28. The summed E-state index contributed by atoms with van der Waals surface area (Å²) < 4.78 is 0. The third-order valence-corrected chi connectivity index (χ3v) is 4.33. The molecule has 0 amide bonds. The van der Waals surface area contributed by atoms with E-state index in [2.05, 4.69) is 12.2 Å². The number of benzene rings is 1. The van der Waals surface area contributed by atoms with Crippen LogP contribution in [0.3, 0.4) is 0 Å². The molecule has 4 heteroatoms. The minimum absolute atomic E-state index is 0.213. The van der Waals surface area contributed by atoms with Crippen molar-refractivity contribution in [3.05, 3.63) is 33.9 Å². The summed E-state index contributed by atoms with van der Waals surface area (Å²) in [6.45, 7) is 4.93. The third-order valence-electron chi connectivity index (χ3n) is 4.33. The molecule has 0 aliphatic heterocycles. The summed E-state index contributed by atoms with van der Waals surface area (Å²) in [7, 11) is 0. The maximum Gasteiger partial charge on any atom is 0.295 e. The standard InChI is InChI=1S/C16H24N2O2/c1-12-5-3-7-14(11-12)9-10-17-15-8-4-6-13(2)16(15)18(19)20/h4,6,8,12,14,17H,3,5,7,9-11H2,1-2H3. The number of nitro groups is 1. The largest absolute Gasteiger partial charge is 0.379 e. The van der Waals surface area contributed by atoms with Gasteiger partial charge in [-0.15, -0.1) is 0 Å². The topological polar surface area (TPSA) is 55.2 Å². The van der Waals surface area contributed by atoms with Crippen molar-refractivity contribution in [1.29, 1.82) is 0 Å². The third kappa shape index (κ3) is 3.71. The highest BCUT2D eigenvalue weighted by molar-refractivity contribution is 5.64. The molecule has 0 spiro atoms. The van der Waals surface area contributed by atoms with E-state index >= 15 is 0 Å². The van der Waals surface area contributed by atoms with Gasteiger partial charge < -0.3 is 5.32 Å². The van der Waals surface area contributed by atoms with Gasteiger partial charge >= 0.3 is 0 Å². The molecule has 0 radical (unpaired) electrons. The first-order valence-electron chi connectivity index (χ1n) is 7.55. The number of para-hydroxylation sites is 1. The summed E-state index contributed by atoms with van der Waals surface area (Å²) in [5.74, 6) is 1.61. The number of nitrogens with zero attached hydrogens (tertiary/aromatic N) is 1. The highest BCUT2D eigenvalue weighted by Crippen LogP contribution is 2.31. The van der Waals surface area contributed by atoms with Crippen molar-refractivity contribution in [3.8, 4) is 0 Å². The van der Waals surface area contributed by atoms with E-state index in [1.54, 1.807) is 19.1 Å². The lowest BCUT2D eigenvalue weighted by Gasteiger charge is -2.26. The second kappa shape index (κ2) is 6.73. The fourth-order valence-electron chi connectivity index (χ4n) is 3.28. The molecule has 1 fully saturated rings. The van der Waals surface area contributed by atoms with E-state index in [1.165, 1.54) is 25.7 Å². The molecule has 1 aliphatic carbocycles. The summed E-state index contributed by atoms with van der Waals surface area (Å²) in [6, 6.07) is 5.45. The quantitative estimate of drug-likeness (QED) is 0.635. The Hall–Kier alpha value is -1.58. The van der Waals surface area contributed by atoms with Crippen molar-refractivity contribution in [1.82, 2.24) is 0 Å². The molecule has 0 aromatic heterocycles. The Labute approximate surface area is 120 Å². The second-order valence-corrected chi connectivity index (χ2v) is 6.08. The predicted molar refractivity (Wildman–Crippen MR) is 82.1 cm³/mol. The van der Waals surface area contributed by atoms with Gasteiger partial charge in [0, 0.05) is 12.1 Å². The molecule has 110 valence electrons. The Morgan fingerprint density at radius 2 is 2.20 bits per heavy atom. The van der Waals surface area contributed by atoms with Gasteiger partial charge in [-0.05, 0) is 37.7 Å². The maximum atomic E-state index is 11.1. The number of hydrogen-bond donors (Lipinski definition) is 1. The smallest absolute Gasteiger partial charge is 0.295 e. The predicted octanol–water partition coefficient (Wildman–Crippen LogP) is 4.53. The van der Waals surface area contributed by atoms with Gasteiger partial charge in [0.15, 0.2) is 0 Å². The highest BCUT2D eigenvalue weighted by Gasteiger charge is 2.20. The van der Waals surface area contributed by atoms with Gasteiger partial charge in [0.2, 0.25) is 0 Å². The number of nitrogens with one attached hydrogen (secondary N) is 1. The first kappa shape index (κ1) is 14.8. The SMILES string of the molecule is Cc1cccc(NCCC2CCCC(C)C2)c1[N+](=O)[O-]. The van der Waals surface area contributed by atoms with E-state index in [4.69, 9.17) is 0 Å². The average molecular weight is 276 g/mol. The average Bonchev–Trinajstić information content (AvgIpc) is 2.38. The number of rotatable bonds is 5. The van der Waals surface area contributed by atoms with Crippen LogP contribution in [0.4, 0.5) is 11.4 Å². The Balaban J connectivity index is 1.91. The van der Waals surface area contributed by atoms with Crippen LogP contribution in [0.5, 0.6) is 0 Å². The van der Waals surface area contributed by atoms with Crippen molar-refractivity contribution in [2.24, 2.45) is 11.8 Å². The van der Waals surface area contributed by atoms with E-state index in [-0.39, 0.29) is 10.6 Å². The van der Waals surface area contributed by atoms with Crippen LogP contribution in [0.15, 0.2) is 18.2 Å². The minimum atomic E-state index is -0.291. The van der Waals surface area contributed by atoms with E-state index in [9.17, 15) is 10.1 Å². The van der Waals surface area contributed by atoms with Crippen LogP contribution in [-0.2, 0) is 0 Å². The molecular formula is C16H24N2O2. The summed E-state index contributed by atoms with van der Waals surface area (Å²) in [6.07, 6.45) is 6.40. The number of nitro benzene ring substituents is 1. The van der Waals surface area contributed by atoms with Gasteiger partial charge in [-0.3, -0.25) is 10.1 Å². The van der Waals surface area contributed by atoms with Crippen LogP contribution < -0.4 is 5.32 Å². The first-order chi connectivity index (χ1) is 9.58. The van der Waals surface area contributed by atoms with Gasteiger partial charge in [0.25, 0.3) is 5.69 Å². The van der Waals surface area contributed by atoms with Crippen LogP contribution in [0.1, 0.15) is 44.6 Å².